The lowest BCUT2D eigenvalue weighted by Crippen LogP contribution is -2.36. The summed E-state index contributed by atoms with van der Waals surface area (Å²) in [5.41, 5.74) is 0. The van der Waals surface area contributed by atoms with Crippen LogP contribution in [0, 0.1) is 18.3 Å². The summed E-state index contributed by atoms with van der Waals surface area (Å²) in [5.74, 6) is 2.59. The van der Waals surface area contributed by atoms with E-state index in [1.807, 2.05) is 32.0 Å². The Hall–Kier alpha value is -1.47. The van der Waals surface area contributed by atoms with Crippen molar-refractivity contribution in [1.82, 2.24) is 10.3 Å². The molecule has 0 aromatic carbocycles. The molecule has 0 radical (unpaired) electrons. The fraction of sp³-hybridized carbons (Fsp3) is 0.385. The van der Waals surface area contributed by atoms with Gasteiger partial charge in [0.2, 0.25) is 5.91 Å². The van der Waals surface area contributed by atoms with E-state index in [1.165, 1.54) is 11.8 Å². The van der Waals surface area contributed by atoms with Gasteiger partial charge >= 0.3 is 0 Å². The van der Waals surface area contributed by atoms with Crippen LogP contribution in [0.5, 0.6) is 0 Å². The van der Waals surface area contributed by atoms with E-state index in [1.54, 1.807) is 6.20 Å². The molecule has 1 atom stereocenters. The highest BCUT2D eigenvalue weighted by molar-refractivity contribution is 8.00. The first-order valence-corrected chi connectivity index (χ1v) is 6.32. The molecule has 3 nitrogen and oxygen atoms in total. The minimum atomic E-state index is -0.168. The molecule has 1 rings (SSSR count). The molecule has 90 valence electrons. The van der Waals surface area contributed by atoms with Crippen LogP contribution in [-0.2, 0) is 4.79 Å². The second-order valence-electron chi connectivity index (χ2n) is 3.87. The number of hydrogen-bond acceptors (Lipinski definition) is 3. The Bertz CT molecular complexity index is 398. The van der Waals surface area contributed by atoms with Crippen LogP contribution in [0.2, 0.25) is 0 Å². The van der Waals surface area contributed by atoms with Crippen LogP contribution < -0.4 is 5.32 Å². The molecule has 1 N–H and O–H groups in total. The molecule has 1 amide bonds. The van der Waals surface area contributed by atoms with Crippen molar-refractivity contribution < 1.29 is 4.79 Å². The first-order chi connectivity index (χ1) is 8.15. The Balaban J connectivity index is 2.67. The average Bonchev–Trinajstić information content (AvgIpc) is 2.34. The first kappa shape index (κ1) is 13.6. The van der Waals surface area contributed by atoms with Gasteiger partial charge in [-0.1, -0.05) is 37.6 Å². The number of carbonyl (C=O) groups excluding carboxylic acids is 1. The van der Waals surface area contributed by atoms with Crippen LogP contribution in [0.3, 0.4) is 0 Å². The molecule has 1 unspecified atom stereocenters. The topological polar surface area (TPSA) is 42.0 Å². The molecule has 0 aliphatic heterocycles. The summed E-state index contributed by atoms with van der Waals surface area (Å²) in [4.78, 5) is 16.1. The van der Waals surface area contributed by atoms with Crippen molar-refractivity contribution >= 4 is 17.7 Å². The zero-order valence-corrected chi connectivity index (χ0v) is 10.8. The summed E-state index contributed by atoms with van der Waals surface area (Å²) < 4.78 is 0. The molecule has 1 aromatic rings. The lowest BCUT2D eigenvalue weighted by molar-refractivity contribution is -0.120. The summed E-state index contributed by atoms with van der Waals surface area (Å²) in [7, 11) is 0. The number of thioether (sulfide) groups is 1. The van der Waals surface area contributed by atoms with E-state index in [4.69, 9.17) is 6.42 Å². The maximum Gasteiger partial charge on any atom is 0.234 e. The molecule has 0 saturated carbocycles. The SMILES string of the molecule is C#CCNC(=O)C(Sc1ccccn1)C(C)C. The van der Waals surface area contributed by atoms with Crippen LogP contribution >= 0.6 is 11.8 Å². The molecule has 4 heteroatoms. The van der Waals surface area contributed by atoms with E-state index >= 15 is 0 Å². The van der Waals surface area contributed by atoms with Crippen molar-refractivity contribution in [3.63, 3.8) is 0 Å². The van der Waals surface area contributed by atoms with Crippen molar-refractivity contribution in [2.45, 2.75) is 24.1 Å². The fourth-order valence-corrected chi connectivity index (χ4v) is 2.28. The van der Waals surface area contributed by atoms with Gasteiger partial charge in [-0.15, -0.1) is 6.42 Å². The molecule has 0 fully saturated rings. The predicted molar refractivity (Wildman–Crippen MR) is 70.6 cm³/mol. The smallest absolute Gasteiger partial charge is 0.234 e. The average molecular weight is 248 g/mol. The fourth-order valence-electron chi connectivity index (χ4n) is 1.28. The van der Waals surface area contributed by atoms with Gasteiger partial charge in [-0.25, -0.2) is 4.98 Å². The molecule has 0 aliphatic carbocycles. The van der Waals surface area contributed by atoms with Crippen molar-refractivity contribution in [2.24, 2.45) is 5.92 Å². The van der Waals surface area contributed by atoms with Gasteiger partial charge < -0.3 is 5.32 Å². The highest BCUT2D eigenvalue weighted by Gasteiger charge is 2.23. The number of terminal acetylenes is 1. The number of hydrogen-bond donors (Lipinski definition) is 1. The summed E-state index contributed by atoms with van der Waals surface area (Å²) in [5, 5.41) is 3.39. The van der Waals surface area contributed by atoms with Gasteiger partial charge in [0, 0.05) is 6.20 Å². The Morgan fingerprint density at radius 3 is 2.88 bits per heavy atom. The maximum absolute atomic E-state index is 11.9. The van der Waals surface area contributed by atoms with Gasteiger partial charge in [-0.2, -0.15) is 0 Å². The quantitative estimate of drug-likeness (QED) is 0.639. The maximum atomic E-state index is 11.9. The van der Waals surface area contributed by atoms with Crippen LogP contribution in [0.4, 0.5) is 0 Å². The van der Waals surface area contributed by atoms with Crippen molar-refractivity contribution in [3.05, 3.63) is 24.4 Å². The van der Waals surface area contributed by atoms with Crippen LogP contribution in [0.1, 0.15) is 13.8 Å². The number of carbonyl (C=O) groups is 1. The number of amides is 1. The Kier molecular flexibility index (Phi) is 5.58. The molecule has 0 bridgehead atoms. The highest BCUT2D eigenvalue weighted by Crippen LogP contribution is 2.26. The number of nitrogens with zero attached hydrogens (tertiary/aromatic N) is 1. The lowest BCUT2D eigenvalue weighted by atomic mass is 10.1. The van der Waals surface area contributed by atoms with E-state index < -0.39 is 0 Å². The summed E-state index contributed by atoms with van der Waals surface area (Å²) in [6.45, 7) is 4.29. The standard InChI is InChI=1S/C13H16N2OS/c1-4-8-15-13(16)12(10(2)3)17-11-7-5-6-9-14-11/h1,5-7,9-10,12H,8H2,2-3H3,(H,15,16). The zero-order valence-electron chi connectivity index (χ0n) is 10.0. The first-order valence-electron chi connectivity index (χ1n) is 5.44. The molecule has 0 aliphatic rings. The lowest BCUT2D eigenvalue weighted by Gasteiger charge is -2.18. The van der Waals surface area contributed by atoms with E-state index in [0.29, 0.717) is 0 Å². The third kappa shape index (κ3) is 4.49. The minimum Gasteiger partial charge on any atom is -0.344 e. The molecule has 0 saturated heterocycles. The monoisotopic (exact) mass is 248 g/mol. The van der Waals surface area contributed by atoms with Gasteiger partial charge in [0.15, 0.2) is 0 Å². The molecule has 1 aromatic heterocycles. The zero-order chi connectivity index (χ0) is 12.7. The number of nitrogens with one attached hydrogen (secondary N) is 1. The van der Waals surface area contributed by atoms with Gasteiger partial charge in [0.1, 0.15) is 0 Å². The van der Waals surface area contributed by atoms with Gasteiger partial charge in [-0.05, 0) is 18.1 Å². The van der Waals surface area contributed by atoms with Crippen LogP contribution in [0.15, 0.2) is 29.4 Å². The Morgan fingerprint density at radius 1 is 1.59 bits per heavy atom. The van der Waals surface area contributed by atoms with Gasteiger partial charge in [0.05, 0.1) is 16.8 Å². The number of aromatic nitrogens is 1. The Labute approximate surface area is 106 Å². The second-order valence-corrected chi connectivity index (χ2v) is 5.03. The van der Waals surface area contributed by atoms with Crippen molar-refractivity contribution in [2.75, 3.05) is 6.54 Å². The van der Waals surface area contributed by atoms with Crippen LogP contribution in [-0.4, -0.2) is 22.7 Å². The highest BCUT2D eigenvalue weighted by atomic mass is 32.2. The third-order valence-corrected chi connectivity index (χ3v) is 3.61. The van der Waals surface area contributed by atoms with Crippen molar-refractivity contribution in [3.8, 4) is 12.3 Å². The molecule has 1 heterocycles. The summed E-state index contributed by atoms with van der Waals surface area (Å²) >= 11 is 1.46. The number of pyridine rings is 1. The van der Waals surface area contributed by atoms with Gasteiger partial charge in [0.25, 0.3) is 0 Å². The van der Waals surface area contributed by atoms with E-state index in [0.717, 1.165) is 5.03 Å². The summed E-state index contributed by atoms with van der Waals surface area (Å²) in [6.07, 6.45) is 6.84. The molecular weight excluding hydrogens is 232 g/mol. The van der Waals surface area contributed by atoms with E-state index in [2.05, 4.69) is 16.2 Å². The normalized spacial score (nSPS) is 11.9. The molecule has 0 spiro atoms. The largest absolute Gasteiger partial charge is 0.344 e. The van der Waals surface area contributed by atoms with E-state index in [9.17, 15) is 4.79 Å². The van der Waals surface area contributed by atoms with Gasteiger partial charge in [-0.3, -0.25) is 4.79 Å². The Morgan fingerprint density at radius 2 is 2.35 bits per heavy atom. The van der Waals surface area contributed by atoms with E-state index in [-0.39, 0.29) is 23.6 Å². The molecule has 17 heavy (non-hydrogen) atoms. The van der Waals surface area contributed by atoms with Crippen molar-refractivity contribution in [1.29, 1.82) is 0 Å². The third-order valence-electron chi connectivity index (χ3n) is 2.11. The summed E-state index contributed by atoms with van der Waals surface area (Å²) in [6, 6.07) is 5.66. The van der Waals surface area contributed by atoms with Crippen LogP contribution in [0.25, 0.3) is 0 Å². The molecular formula is C13H16N2OS. The number of rotatable bonds is 5. The minimum absolute atomic E-state index is 0.0337. The predicted octanol–water partition coefficient (Wildman–Crippen LogP) is 1.95. The second kappa shape index (κ2) is 6.97.